The molecule has 8 aromatic rings. The van der Waals surface area contributed by atoms with E-state index in [1.807, 2.05) is 128 Å². The highest BCUT2D eigenvalue weighted by atomic mass is 16.8. The number of rotatable bonds is 14. The lowest BCUT2D eigenvalue weighted by Gasteiger charge is -2.34. The van der Waals surface area contributed by atoms with Gasteiger partial charge >= 0.3 is 5.97 Å². The Labute approximate surface area is 493 Å². The van der Waals surface area contributed by atoms with Crippen LogP contribution >= 0.6 is 0 Å². The molecule has 2 unspecified atom stereocenters. The molecule has 0 radical (unpaired) electrons. The molecule has 0 bridgehead atoms. The summed E-state index contributed by atoms with van der Waals surface area (Å²) in [6, 6.07) is 47.5. The number of amides is 4. The van der Waals surface area contributed by atoms with Crippen LogP contribution in [0.25, 0.3) is 32.6 Å². The first-order chi connectivity index (χ1) is 41.6. The van der Waals surface area contributed by atoms with Crippen LogP contribution in [0.4, 0.5) is 11.4 Å². The molecule has 442 valence electrons. The number of anilines is 2. The fourth-order valence-corrected chi connectivity index (χ4v) is 10.7. The molecule has 7 aromatic carbocycles. The van der Waals surface area contributed by atoms with Crippen LogP contribution in [0.1, 0.15) is 123 Å². The molecule has 4 aliphatic heterocycles. The van der Waals surface area contributed by atoms with Gasteiger partial charge in [-0.15, -0.1) is 5.10 Å². The van der Waals surface area contributed by atoms with E-state index in [1.165, 1.54) is 6.42 Å². The zero-order valence-corrected chi connectivity index (χ0v) is 47.7. The Hall–Kier alpha value is -8.79. The monoisotopic (exact) mass is 1150 g/mol. The molecule has 5 heterocycles. The van der Waals surface area contributed by atoms with Gasteiger partial charge in [0.2, 0.25) is 0 Å². The van der Waals surface area contributed by atoms with E-state index < -0.39 is 5.97 Å². The summed E-state index contributed by atoms with van der Waals surface area (Å²) in [5, 5.41) is 21.4. The molecule has 0 spiro atoms. The number of piperidine rings is 2. The zero-order valence-electron chi connectivity index (χ0n) is 47.7. The molecule has 4 saturated heterocycles. The highest BCUT2D eigenvalue weighted by Gasteiger charge is 2.25. The Morgan fingerprint density at radius 3 is 1.51 bits per heavy atom. The Morgan fingerprint density at radius 1 is 0.529 bits per heavy atom. The Morgan fingerprint density at radius 2 is 1.01 bits per heavy atom. The van der Waals surface area contributed by atoms with Crippen molar-refractivity contribution >= 4 is 73.6 Å². The number of carbonyl (C=O) groups is 5. The fraction of sp³-hybridized carbons (Fsp3) is 0.338. The van der Waals surface area contributed by atoms with Gasteiger partial charge in [0.25, 0.3) is 23.6 Å². The molecule has 6 N–H and O–H groups in total. The van der Waals surface area contributed by atoms with Gasteiger partial charge in [0.05, 0.1) is 5.56 Å². The Bertz CT molecular complexity index is 3550. The smallest absolute Gasteiger partial charge is 0.365 e. The zero-order chi connectivity index (χ0) is 58.9. The number of ether oxygens (including phenoxy) is 2. The summed E-state index contributed by atoms with van der Waals surface area (Å²) in [6.07, 6.45) is 8.99. The predicted octanol–water partition coefficient (Wildman–Crippen LogP) is 8.83. The van der Waals surface area contributed by atoms with Crippen molar-refractivity contribution in [2.75, 3.05) is 55.7 Å². The number of benzene rings is 7. The second-order valence-electron chi connectivity index (χ2n) is 21.4. The summed E-state index contributed by atoms with van der Waals surface area (Å²) >= 11 is 0. The molecule has 20 heteroatoms. The molecule has 85 heavy (non-hydrogen) atoms. The largest absolute Gasteiger partial charge is 0.371 e. The molecule has 2 atom stereocenters. The molecule has 0 saturated carbocycles. The number of fused-ring (bicyclic) bond motifs is 3. The van der Waals surface area contributed by atoms with Crippen LogP contribution in [0.2, 0.25) is 0 Å². The van der Waals surface area contributed by atoms with Crippen LogP contribution < -0.4 is 42.0 Å². The van der Waals surface area contributed by atoms with E-state index in [1.54, 1.807) is 30.3 Å². The molecule has 4 aliphatic rings. The van der Waals surface area contributed by atoms with Gasteiger partial charge in [-0.1, -0.05) is 65.5 Å². The Kier molecular flexibility index (Phi) is 20.4. The molecule has 4 fully saturated rings. The van der Waals surface area contributed by atoms with E-state index in [-0.39, 0.29) is 48.3 Å². The molecular weight excluding hydrogens is 1080 g/mol. The van der Waals surface area contributed by atoms with Crippen LogP contribution in [0.5, 0.6) is 0 Å². The standard InChI is InChI=1S/C32H30N6O4.C28H31N3O4.C5H11NO2/c1-2-33-30(39)25-11-14-28-29(20-25)38(36-35-28)42-32(41)22-9-12-27(13-10-22)37-17-15-26(16-18-37)34-31(40)24-8-7-21-5-3-4-6-23(21)19-24;32-27(23-9-8-20-5-1-2-6-22(20)19-23)29-24-14-16-31(17-15-24)25-12-10-21(11-13-25)28(33)30-35-26-7-3-4-18-34-26;6-8-5-3-1-2-4-7-5/h3-14,19-20,26H,2,15-18H2,1H3,(H,33,39)(H,34,40);1-2,5-6,8-13,19,24,26H,3-4,7,14-18H2,(H,29,32)(H,30,33);5H,1-4,6H2. The third kappa shape index (κ3) is 15.9. The third-order valence-electron chi connectivity index (χ3n) is 15.5. The topological polar surface area (TPSA) is 243 Å². The van der Waals surface area contributed by atoms with Gasteiger partial charge in [-0.05, 0) is 176 Å². The minimum Gasteiger partial charge on any atom is -0.371 e. The van der Waals surface area contributed by atoms with Crippen molar-refractivity contribution in [2.45, 2.75) is 95.8 Å². The van der Waals surface area contributed by atoms with Gasteiger partial charge < -0.3 is 40.1 Å². The second-order valence-corrected chi connectivity index (χ2v) is 21.4. The van der Waals surface area contributed by atoms with Crippen molar-refractivity contribution in [3.8, 4) is 0 Å². The van der Waals surface area contributed by atoms with Crippen molar-refractivity contribution in [1.82, 2.24) is 36.6 Å². The molecular formula is C65H72N10O10. The van der Waals surface area contributed by atoms with Crippen LogP contribution in [-0.4, -0.2) is 115 Å². The van der Waals surface area contributed by atoms with Crippen LogP contribution in [0.15, 0.2) is 152 Å². The SMILES string of the molecule is CCNC(=O)c1ccc2nnn(OC(=O)c3ccc(N4CCC(NC(=O)c5ccc6ccccc6c5)CC4)cc3)c2c1.NOC1CCCCO1.O=C(NOC1CCCCO1)c1ccc(N2CCC(NC(=O)c3ccc4ccccc4c3)CC2)cc1. The molecule has 4 amide bonds. The van der Waals surface area contributed by atoms with Crippen molar-refractivity contribution < 1.29 is 48.0 Å². The van der Waals surface area contributed by atoms with Gasteiger partial charge in [0.1, 0.15) is 11.0 Å². The number of hydrogen-bond donors (Lipinski definition) is 5. The first-order valence-corrected chi connectivity index (χ1v) is 29.3. The lowest BCUT2D eigenvalue weighted by Crippen LogP contribution is -2.44. The summed E-state index contributed by atoms with van der Waals surface area (Å²) in [6.45, 7) is 7.05. The third-order valence-corrected chi connectivity index (χ3v) is 15.5. The predicted molar refractivity (Wildman–Crippen MR) is 324 cm³/mol. The maximum atomic E-state index is 12.9. The van der Waals surface area contributed by atoms with Gasteiger partial charge in [-0.2, -0.15) is 0 Å². The molecule has 1 aromatic heterocycles. The van der Waals surface area contributed by atoms with Gasteiger partial charge in [0.15, 0.2) is 12.6 Å². The average Bonchev–Trinajstić information content (AvgIpc) is 4.24. The van der Waals surface area contributed by atoms with E-state index in [0.29, 0.717) is 52.0 Å². The molecule has 0 aliphatic carbocycles. The minimum atomic E-state index is -0.591. The lowest BCUT2D eigenvalue weighted by atomic mass is 10.0. The maximum Gasteiger partial charge on any atom is 0.365 e. The number of carbonyl (C=O) groups excluding carboxylic acids is 5. The van der Waals surface area contributed by atoms with Crippen LogP contribution in [0, 0.1) is 0 Å². The number of nitrogens with one attached hydrogen (secondary N) is 4. The number of nitrogens with two attached hydrogens (primary N) is 1. The normalized spacial score (nSPS) is 17.4. The molecule has 12 rings (SSSR count). The first-order valence-electron chi connectivity index (χ1n) is 29.3. The number of hydroxylamine groups is 1. The van der Waals surface area contributed by atoms with Gasteiger partial charge in [-0.3, -0.25) is 24.0 Å². The highest BCUT2D eigenvalue weighted by Crippen LogP contribution is 2.25. The van der Waals surface area contributed by atoms with E-state index >= 15 is 0 Å². The number of aromatic nitrogens is 3. The van der Waals surface area contributed by atoms with Crippen molar-refractivity contribution in [3.63, 3.8) is 0 Å². The fourth-order valence-electron chi connectivity index (χ4n) is 10.7. The summed E-state index contributed by atoms with van der Waals surface area (Å²) in [7, 11) is 0. The summed E-state index contributed by atoms with van der Waals surface area (Å²) in [5.74, 6) is 3.70. The maximum absolute atomic E-state index is 12.9. The lowest BCUT2D eigenvalue weighted by molar-refractivity contribution is -0.186. The van der Waals surface area contributed by atoms with Crippen molar-refractivity contribution in [1.29, 1.82) is 0 Å². The average molecular weight is 1150 g/mol. The summed E-state index contributed by atoms with van der Waals surface area (Å²) in [5.41, 5.74) is 8.16. The quantitative estimate of drug-likeness (QED) is 0.0505. The minimum absolute atomic E-state index is 0.0228. The van der Waals surface area contributed by atoms with Gasteiger partial charge in [-0.25, -0.2) is 21.0 Å². The van der Waals surface area contributed by atoms with E-state index in [4.69, 9.17) is 25.0 Å². The Balaban J connectivity index is 0.000000169. The van der Waals surface area contributed by atoms with Crippen molar-refractivity contribution in [3.05, 3.63) is 179 Å². The van der Waals surface area contributed by atoms with E-state index in [9.17, 15) is 24.0 Å². The first kappa shape index (κ1) is 59.4. The van der Waals surface area contributed by atoms with Gasteiger partial charge in [0, 0.05) is 104 Å². The number of nitrogens with zero attached hydrogens (tertiary/aromatic N) is 5. The number of hydrogen-bond acceptors (Lipinski definition) is 15. The van der Waals surface area contributed by atoms with Crippen molar-refractivity contribution in [2.24, 2.45) is 5.90 Å². The van der Waals surface area contributed by atoms with E-state index in [2.05, 4.69) is 46.4 Å². The molecule has 20 nitrogen and oxygen atoms in total. The summed E-state index contributed by atoms with van der Waals surface area (Å²) < 4.78 is 10.5. The summed E-state index contributed by atoms with van der Waals surface area (Å²) in [4.78, 5) is 83.9. The second kappa shape index (κ2) is 29.1. The van der Waals surface area contributed by atoms with Crippen LogP contribution in [-0.2, 0) is 19.1 Å². The van der Waals surface area contributed by atoms with Crippen LogP contribution in [0.3, 0.4) is 0 Å². The van der Waals surface area contributed by atoms with E-state index in [0.717, 1.165) is 128 Å². The highest BCUT2D eigenvalue weighted by molar-refractivity contribution is 6.00.